The van der Waals surface area contributed by atoms with Crippen LogP contribution >= 0.6 is 11.3 Å². The summed E-state index contributed by atoms with van der Waals surface area (Å²) in [6, 6.07) is 5.12. The van der Waals surface area contributed by atoms with Crippen molar-refractivity contribution in [1.82, 2.24) is 4.98 Å². The van der Waals surface area contributed by atoms with E-state index in [-0.39, 0.29) is 18.9 Å². The summed E-state index contributed by atoms with van der Waals surface area (Å²) >= 11 is 1.22. The van der Waals surface area contributed by atoms with Gasteiger partial charge in [-0.15, -0.1) is 11.3 Å². The summed E-state index contributed by atoms with van der Waals surface area (Å²) in [6.45, 7) is 1.99. The number of anilines is 2. The number of rotatable bonds is 7. The smallest absolute Gasteiger partial charge is 0.413 e. The fourth-order valence-electron chi connectivity index (χ4n) is 1.97. The molecule has 0 spiro atoms. The predicted octanol–water partition coefficient (Wildman–Crippen LogP) is 2.91. The van der Waals surface area contributed by atoms with Crippen LogP contribution in [0.1, 0.15) is 12.6 Å². The monoisotopic (exact) mass is 365 g/mol. The molecule has 9 heteroatoms. The van der Waals surface area contributed by atoms with Gasteiger partial charge in [-0.1, -0.05) is 0 Å². The molecule has 8 nitrogen and oxygen atoms in total. The van der Waals surface area contributed by atoms with Crippen LogP contribution in [-0.2, 0) is 16.0 Å². The van der Waals surface area contributed by atoms with Gasteiger partial charge in [-0.25, -0.2) is 9.78 Å². The molecule has 0 bridgehead atoms. The molecule has 25 heavy (non-hydrogen) atoms. The van der Waals surface area contributed by atoms with E-state index in [0.717, 1.165) is 0 Å². The number of carbonyl (C=O) groups excluding carboxylic acids is 2. The second-order valence-electron chi connectivity index (χ2n) is 4.78. The van der Waals surface area contributed by atoms with Crippen molar-refractivity contribution in [2.75, 3.05) is 31.5 Å². The van der Waals surface area contributed by atoms with Gasteiger partial charge in [0, 0.05) is 11.4 Å². The zero-order valence-electron chi connectivity index (χ0n) is 14.1. The number of hydrogen-bond donors (Lipinski definition) is 2. The van der Waals surface area contributed by atoms with Crippen LogP contribution in [0.2, 0.25) is 0 Å². The molecule has 0 saturated heterocycles. The number of nitrogens with one attached hydrogen (secondary N) is 2. The number of nitrogens with zero attached hydrogens (tertiary/aromatic N) is 1. The summed E-state index contributed by atoms with van der Waals surface area (Å²) in [7, 11) is 3.06. The number of aromatic nitrogens is 1. The molecule has 0 atom stereocenters. The summed E-state index contributed by atoms with van der Waals surface area (Å²) in [5.74, 6) is 0.863. The maximum Gasteiger partial charge on any atom is 0.413 e. The van der Waals surface area contributed by atoms with Crippen LogP contribution in [0, 0.1) is 0 Å². The number of ether oxygens (including phenoxy) is 3. The maximum absolute atomic E-state index is 12.2. The normalized spacial score (nSPS) is 10.0. The highest BCUT2D eigenvalue weighted by molar-refractivity contribution is 7.13. The van der Waals surface area contributed by atoms with E-state index in [4.69, 9.17) is 14.2 Å². The molecule has 1 aromatic heterocycles. The van der Waals surface area contributed by atoms with E-state index in [9.17, 15) is 9.59 Å². The highest BCUT2D eigenvalue weighted by atomic mass is 32.1. The van der Waals surface area contributed by atoms with E-state index in [1.807, 2.05) is 0 Å². The van der Waals surface area contributed by atoms with E-state index in [0.29, 0.717) is 28.0 Å². The van der Waals surface area contributed by atoms with Crippen LogP contribution in [0.5, 0.6) is 11.5 Å². The molecule has 2 N–H and O–H groups in total. The maximum atomic E-state index is 12.2. The van der Waals surface area contributed by atoms with Crippen molar-refractivity contribution >= 4 is 34.2 Å². The third-order valence-electron chi connectivity index (χ3n) is 3.06. The molecule has 0 aliphatic carbocycles. The van der Waals surface area contributed by atoms with Crippen molar-refractivity contribution in [2.24, 2.45) is 0 Å². The Balaban J connectivity index is 1.99. The SMILES string of the molecule is CCOC(=O)Nc1nc(CC(=O)Nc2cc(OC)ccc2OC)cs1. The minimum absolute atomic E-state index is 0.0569. The molecule has 0 aliphatic heterocycles. The van der Waals surface area contributed by atoms with Gasteiger partial charge in [0.25, 0.3) is 0 Å². The highest BCUT2D eigenvalue weighted by Gasteiger charge is 2.13. The first kappa shape index (κ1) is 18.5. The Kier molecular flexibility index (Phi) is 6.58. The molecule has 2 aromatic rings. The number of hydrogen-bond acceptors (Lipinski definition) is 7. The Bertz CT molecular complexity index is 747. The Morgan fingerprint density at radius 3 is 2.68 bits per heavy atom. The van der Waals surface area contributed by atoms with E-state index in [1.54, 1.807) is 37.6 Å². The molecule has 134 valence electrons. The first-order valence-electron chi connectivity index (χ1n) is 7.45. The number of benzene rings is 1. The lowest BCUT2D eigenvalue weighted by Crippen LogP contribution is -2.16. The standard InChI is InChI=1S/C16H19N3O5S/c1-4-24-16(21)19-15-17-10(9-25-15)7-14(20)18-12-8-11(22-2)5-6-13(12)23-3/h5-6,8-9H,4,7H2,1-3H3,(H,18,20)(H,17,19,21). The molecule has 0 fully saturated rings. The Labute approximate surface area is 149 Å². The van der Waals surface area contributed by atoms with Crippen molar-refractivity contribution in [3.05, 3.63) is 29.3 Å². The molecular formula is C16H19N3O5S. The van der Waals surface area contributed by atoms with Gasteiger partial charge in [0.05, 0.1) is 38.6 Å². The zero-order chi connectivity index (χ0) is 18.2. The summed E-state index contributed by atoms with van der Waals surface area (Å²) in [6.07, 6.45) is -0.518. The Hall–Kier alpha value is -2.81. The molecule has 0 aliphatic rings. The molecule has 1 heterocycles. The minimum atomic E-state index is -0.575. The van der Waals surface area contributed by atoms with Gasteiger partial charge in [-0.2, -0.15) is 0 Å². The van der Waals surface area contributed by atoms with Gasteiger partial charge in [-0.3, -0.25) is 10.1 Å². The van der Waals surface area contributed by atoms with Crippen molar-refractivity contribution in [2.45, 2.75) is 13.3 Å². The number of methoxy groups -OCH3 is 2. The molecule has 2 amide bonds. The fourth-order valence-corrected chi connectivity index (χ4v) is 2.67. The molecule has 0 saturated carbocycles. The lowest BCUT2D eigenvalue weighted by molar-refractivity contribution is -0.115. The first-order valence-corrected chi connectivity index (χ1v) is 8.33. The van der Waals surface area contributed by atoms with Crippen molar-refractivity contribution in [3.63, 3.8) is 0 Å². The Morgan fingerprint density at radius 1 is 1.20 bits per heavy atom. The lowest BCUT2D eigenvalue weighted by Gasteiger charge is -2.11. The third-order valence-corrected chi connectivity index (χ3v) is 3.87. The van der Waals surface area contributed by atoms with E-state index >= 15 is 0 Å². The van der Waals surface area contributed by atoms with Gasteiger partial charge in [0.1, 0.15) is 11.5 Å². The van der Waals surface area contributed by atoms with Crippen LogP contribution in [0.25, 0.3) is 0 Å². The molecule has 0 radical (unpaired) electrons. The van der Waals surface area contributed by atoms with Gasteiger partial charge in [-0.05, 0) is 19.1 Å². The summed E-state index contributed by atoms with van der Waals surface area (Å²) in [4.78, 5) is 27.8. The number of thiazole rings is 1. The highest BCUT2D eigenvalue weighted by Crippen LogP contribution is 2.29. The van der Waals surface area contributed by atoms with Gasteiger partial charge in [0.15, 0.2) is 5.13 Å². The molecule has 2 rings (SSSR count). The third kappa shape index (κ3) is 5.35. The Morgan fingerprint density at radius 2 is 2.00 bits per heavy atom. The van der Waals surface area contributed by atoms with E-state index in [2.05, 4.69) is 15.6 Å². The van der Waals surface area contributed by atoms with Gasteiger partial charge in [0.2, 0.25) is 5.91 Å². The predicted molar refractivity (Wildman–Crippen MR) is 94.6 cm³/mol. The van der Waals surface area contributed by atoms with Crippen molar-refractivity contribution in [3.8, 4) is 11.5 Å². The summed E-state index contributed by atoms with van der Waals surface area (Å²) in [5, 5.41) is 7.33. The first-order chi connectivity index (χ1) is 12.0. The largest absolute Gasteiger partial charge is 0.497 e. The van der Waals surface area contributed by atoms with Crippen LogP contribution in [-0.4, -0.2) is 37.8 Å². The van der Waals surface area contributed by atoms with E-state index < -0.39 is 6.09 Å². The zero-order valence-corrected chi connectivity index (χ0v) is 14.9. The minimum Gasteiger partial charge on any atom is -0.497 e. The van der Waals surface area contributed by atoms with E-state index in [1.165, 1.54) is 18.4 Å². The van der Waals surface area contributed by atoms with Gasteiger partial charge < -0.3 is 19.5 Å². The summed E-state index contributed by atoms with van der Waals surface area (Å²) in [5.41, 5.74) is 1.04. The van der Waals surface area contributed by atoms with Gasteiger partial charge >= 0.3 is 6.09 Å². The molecule has 0 unspecified atom stereocenters. The fraction of sp³-hybridized carbons (Fsp3) is 0.312. The van der Waals surface area contributed by atoms with Crippen LogP contribution in [0.3, 0.4) is 0 Å². The quantitative estimate of drug-likeness (QED) is 0.783. The van der Waals surface area contributed by atoms with Crippen molar-refractivity contribution in [1.29, 1.82) is 0 Å². The lowest BCUT2D eigenvalue weighted by atomic mass is 10.2. The number of carbonyl (C=O) groups is 2. The molecular weight excluding hydrogens is 346 g/mol. The van der Waals surface area contributed by atoms with Crippen LogP contribution in [0.4, 0.5) is 15.6 Å². The summed E-state index contributed by atoms with van der Waals surface area (Å²) < 4.78 is 15.1. The molecule has 1 aromatic carbocycles. The van der Waals surface area contributed by atoms with Crippen LogP contribution < -0.4 is 20.1 Å². The second kappa shape index (κ2) is 8.88. The second-order valence-corrected chi connectivity index (χ2v) is 5.64. The van der Waals surface area contributed by atoms with Crippen molar-refractivity contribution < 1.29 is 23.8 Å². The average Bonchev–Trinajstić information content (AvgIpc) is 3.01. The number of amides is 2. The average molecular weight is 365 g/mol. The topological polar surface area (TPSA) is 98.8 Å². The van der Waals surface area contributed by atoms with Crippen LogP contribution in [0.15, 0.2) is 23.6 Å².